The number of carbonyl (C=O) groups is 5. The van der Waals surface area contributed by atoms with E-state index < -0.39 is 66.2 Å². The molecule has 0 heterocycles. The molecule has 4 unspecified atom stereocenters. The monoisotopic (exact) mass is 505 g/mol. The molecule has 0 saturated carbocycles. The van der Waals surface area contributed by atoms with Crippen molar-refractivity contribution in [2.75, 3.05) is 18.6 Å². The Balaban J connectivity index is 5.52. The molecule has 0 aromatic rings. The van der Waals surface area contributed by atoms with Crippen molar-refractivity contribution in [2.45, 2.75) is 76.5 Å². The van der Waals surface area contributed by atoms with E-state index in [1.807, 2.05) is 6.26 Å². The SMILES string of the molecule is CSCCC(N)C(=O)NC(CCCCN)C(=O)NC(CCC(=O)O)C(=O)NC(C(=O)O)C(C)C. The topological polar surface area (TPSA) is 214 Å². The van der Waals surface area contributed by atoms with Gasteiger partial charge in [-0.25, -0.2) is 4.79 Å². The summed E-state index contributed by atoms with van der Waals surface area (Å²) < 4.78 is 0. The molecular weight excluding hydrogens is 466 g/mol. The highest BCUT2D eigenvalue weighted by Gasteiger charge is 2.31. The van der Waals surface area contributed by atoms with Crippen LogP contribution in [-0.4, -0.2) is 82.6 Å². The van der Waals surface area contributed by atoms with Crippen LogP contribution in [0.25, 0.3) is 0 Å². The van der Waals surface area contributed by atoms with Gasteiger partial charge >= 0.3 is 11.9 Å². The smallest absolute Gasteiger partial charge is 0.326 e. The second-order valence-electron chi connectivity index (χ2n) is 8.30. The standard InChI is InChI=1S/C21H39N5O7S/c1-12(2)17(21(32)33)26-20(31)15(7-8-16(27)28)25-19(30)14(6-4-5-10-22)24-18(29)13(23)9-11-34-3/h12-15,17H,4-11,22-23H2,1-3H3,(H,24,29)(H,25,30)(H,26,31)(H,27,28)(H,32,33). The summed E-state index contributed by atoms with van der Waals surface area (Å²) in [7, 11) is 0. The summed E-state index contributed by atoms with van der Waals surface area (Å²) in [6.45, 7) is 3.60. The van der Waals surface area contributed by atoms with E-state index in [4.69, 9.17) is 16.6 Å². The molecule has 0 bridgehead atoms. The number of carbonyl (C=O) groups excluding carboxylic acids is 3. The molecule has 196 valence electrons. The minimum Gasteiger partial charge on any atom is -0.481 e. The maximum absolute atomic E-state index is 13.0. The van der Waals surface area contributed by atoms with Gasteiger partial charge in [-0.05, 0) is 56.6 Å². The Labute approximate surface area is 204 Å². The number of aliphatic carboxylic acids is 2. The number of nitrogens with one attached hydrogen (secondary N) is 3. The molecule has 34 heavy (non-hydrogen) atoms. The third-order valence-electron chi connectivity index (χ3n) is 5.06. The molecule has 0 fully saturated rings. The van der Waals surface area contributed by atoms with E-state index >= 15 is 0 Å². The summed E-state index contributed by atoms with van der Waals surface area (Å²) in [5, 5.41) is 25.8. The minimum absolute atomic E-state index is 0.237. The van der Waals surface area contributed by atoms with Crippen molar-refractivity contribution in [2.24, 2.45) is 17.4 Å². The van der Waals surface area contributed by atoms with Gasteiger partial charge in [0.2, 0.25) is 17.7 Å². The highest BCUT2D eigenvalue weighted by Crippen LogP contribution is 2.08. The van der Waals surface area contributed by atoms with E-state index in [0.29, 0.717) is 31.6 Å². The normalized spacial score (nSPS) is 14.5. The van der Waals surface area contributed by atoms with Crippen molar-refractivity contribution >= 4 is 41.4 Å². The minimum atomic E-state index is -1.30. The van der Waals surface area contributed by atoms with Crippen LogP contribution in [0.3, 0.4) is 0 Å². The van der Waals surface area contributed by atoms with E-state index in [9.17, 15) is 29.1 Å². The molecule has 0 aliphatic carbocycles. The van der Waals surface area contributed by atoms with Crippen molar-refractivity contribution in [1.82, 2.24) is 16.0 Å². The number of hydrogen-bond donors (Lipinski definition) is 7. The van der Waals surface area contributed by atoms with Gasteiger partial charge in [0.1, 0.15) is 18.1 Å². The average Bonchev–Trinajstić information content (AvgIpc) is 2.76. The molecule has 12 nitrogen and oxygen atoms in total. The quantitative estimate of drug-likeness (QED) is 0.116. The Morgan fingerprint density at radius 1 is 0.853 bits per heavy atom. The molecular formula is C21H39N5O7S. The average molecular weight is 506 g/mol. The number of carboxylic acids is 2. The highest BCUT2D eigenvalue weighted by atomic mass is 32.2. The summed E-state index contributed by atoms with van der Waals surface area (Å²) in [6, 6.07) is -4.35. The summed E-state index contributed by atoms with van der Waals surface area (Å²) in [5.41, 5.74) is 11.4. The van der Waals surface area contributed by atoms with Crippen molar-refractivity contribution in [3.05, 3.63) is 0 Å². The largest absolute Gasteiger partial charge is 0.481 e. The van der Waals surface area contributed by atoms with Crippen LogP contribution in [0.5, 0.6) is 0 Å². The zero-order chi connectivity index (χ0) is 26.3. The van der Waals surface area contributed by atoms with E-state index in [-0.39, 0.29) is 12.8 Å². The number of amides is 3. The summed E-state index contributed by atoms with van der Waals surface area (Å²) >= 11 is 1.53. The lowest BCUT2D eigenvalue weighted by molar-refractivity contribution is -0.144. The third kappa shape index (κ3) is 12.8. The van der Waals surface area contributed by atoms with Crippen LogP contribution in [0.1, 0.15) is 52.4 Å². The molecule has 0 rings (SSSR count). The molecule has 3 amide bonds. The van der Waals surface area contributed by atoms with Gasteiger partial charge in [-0.1, -0.05) is 13.8 Å². The summed E-state index contributed by atoms with van der Waals surface area (Å²) in [5.74, 6) is -4.24. The molecule has 13 heteroatoms. The van der Waals surface area contributed by atoms with E-state index in [0.717, 1.165) is 0 Å². The predicted molar refractivity (Wildman–Crippen MR) is 129 cm³/mol. The molecule has 4 atom stereocenters. The van der Waals surface area contributed by atoms with Crippen molar-refractivity contribution in [3.8, 4) is 0 Å². The first-order valence-electron chi connectivity index (χ1n) is 11.2. The molecule has 9 N–H and O–H groups in total. The third-order valence-corrected chi connectivity index (χ3v) is 5.70. The van der Waals surface area contributed by atoms with Gasteiger partial charge in [0.15, 0.2) is 0 Å². The number of rotatable bonds is 18. The summed E-state index contributed by atoms with van der Waals surface area (Å²) in [4.78, 5) is 60.6. The Kier molecular flexibility index (Phi) is 15.9. The fourth-order valence-electron chi connectivity index (χ4n) is 2.99. The lowest BCUT2D eigenvalue weighted by Crippen LogP contribution is -2.57. The van der Waals surface area contributed by atoms with Crippen LogP contribution in [0.2, 0.25) is 0 Å². The number of nitrogens with two attached hydrogens (primary N) is 2. The van der Waals surface area contributed by atoms with Crippen molar-refractivity contribution in [3.63, 3.8) is 0 Å². The van der Waals surface area contributed by atoms with Gasteiger partial charge in [0.25, 0.3) is 0 Å². The Bertz CT molecular complexity index is 692. The second-order valence-corrected chi connectivity index (χ2v) is 9.28. The van der Waals surface area contributed by atoms with Crippen LogP contribution < -0.4 is 27.4 Å². The van der Waals surface area contributed by atoms with E-state index in [2.05, 4.69) is 16.0 Å². The first kappa shape index (κ1) is 31.6. The maximum Gasteiger partial charge on any atom is 0.326 e. The fraction of sp³-hybridized carbons (Fsp3) is 0.762. The second kappa shape index (κ2) is 17.1. The van der Waals surface area contributed by atoms with Crippen molar-refractivity contribution < 1.29 is 34.2 Å². The van der Waals surface area contributed by atoms with E-state index in [1.54, 1.807) is 13.8 Å². The fourth-order valence-corrected chi connectivity index (χ4v) is 3.48. The molecule has 0 aliphatic heterocycles. The summed E-state index contributed by atoms with van der Waals surface area (Å²) in [6.07, 6.45) is 2.98. The molecule has 0 spiro atoms. The first-order valence-corrected chi connectivity index (χ1v) is 12.6. The predicted octanol–water partition coefficient (Wildman–Crippen LogP) is -0.744. The zero-order valence-electron chi connectivity index (χ0n) is 20.0. The Hall–Kier alpha value is -2.38. The zero-order valence-corrected chi connectivity index (χ0v) is 20.9. The van der Waals surface area contributed by atoms with Gasteiger partial charge in [0.05, 0.1) is 6.04 Å². The van der Waals surface area contributed by atoms with Gasteiger partial charge in [0, 0.05) is 6.42 Å². The van der Waals surface area contributed by atoms with Crippen LogP contribution in [0.15, 0.2) is 0 Å². The van der Waals surface area contributed by atoms with Gasteiger partial charge in [-0.15, -0.1) is 0 Å². The number of unbranched alkanes of at least 4 members (excludes halogenated alkanes) is 1. The van der Waals surface area contributed by atoms with Crippen LogP contribution in [0.4, 0.5) is 0 Å². The Morgan fingerprint density at radius 3 is 1.91 bits per heavy atom. The van der Waals surface area contributed by atoms with E-state index in [1.165, 1.54) is 11.8 Å². The van der Waals surface area contributed by atoms with Crippen LogP contribution in [-0.2, 0) is 24.0 Å². The molecule has 0 radical (unpaired) electrons. The lowest BCUT2D eigenvalue weighted by atomic mass is 10.0. The molecule has 0 aliphatic rings. The van der Waals surface area contributed by atoms with Crippen molar-refractivity contribution in [1.29, 1.82) is 0 Å². The first-order chi connectivity index (χ1) is 15.9. The molecule has 0 saturated heterocycles. The maximum atomic E-state index is 13.0. The number of thioether (sulfide) groups is 1. The lowest BCUT2D eigenvalue weighted by Gasteiger charge is -2.26. The number of hydrogen-bond acceptors (Lipinski definition) is 8. The highest BCUT2D eigenvalue weighted by molar-refractivity contribution is 7.98. The number of carboxylic acid groups (broad SMARTS) is 2. The Morgan fingerprint density at radius 2 is 1.41 bits per heavy atom. The van der Waals surface area contributed by atoms with Gasteiger partial charge in [-0.3, -0.25) is 19.2 Å². The van der Waals surface area contributed by atoms with Gasteiger partial charge < -0.3 is 37.6 Å². The van der Waals surface area contributed by atoms with Crippen LogP contribution >= 0.6 is 11.8 Å². The molecule has 0 aromatic carbocycles. The molecule has 0 aromatic heterocycles. The van der Waals surface area contributed by atoms with Gasteiger partial charge in [-0.2, -0.15) is 11.8 Å². The van der Waals surface area contributed by atoms with Crippen LogP contribution in [0, 0.1) is 5.92 Å².